The first kappa shape index (κ1) is 9.03. The standard InChI is InChI=1S/C9H10N2S/c1-3-7-5-8(12-10)6-11-9(7)4-2/h3-6H,1-2,10H2. The van der Waals surface area contributed by atoms with Gasteiger partial charge in [0.2, 0.25) is 0 Å². The van der Waals surface area contributed by atoms with Crippen molar-refractivity contribution in [3.63, 3.8) is 0 Å². The van der Waals surface area contributed by atoms with E-state index in [0.717, 1.165) is 16.2 Å². The minimum absolute atomic E-state index is 0.836. The van der Waals surface area contributed by atoms with Crippen molar-refractivity contribution in [3.8, 4) is 0 Å². The molecule has 0 spiro atoms. The van der Waals surface area contributed by atoms with Crippen molar-refractivity contribution in [2.45, 2.75) is 4.90 Å². The lowest BCUT2D eigenvalue weighted by Gasteiger charge is -2.01. The van der Waals surface area contributed by atoms with Gasteiger partial charge in [0.05, 0.1) is 5.69 Å². The van der Waals surface area contributed by atoms with Gasteiger partial charge in [0.25, 0.3) is 0 Å². The predicted molar refractivity (Wildman–Crippen MR) is 54.5 cm³/mol. The molecule has 0 saturated carbocycles. The Morgan fingerprint density at radius 1 is 1.42 bits per heavy atom. The Bertz CT molecular complexity index is 307. The molecular weight excluding hydrogens is 168 g/mol. The van der Waals surface area contributed by atoms with Gasteiger partial charge >= 0.3 is 0 Å². The van der Waals surface area contributed by atoms with Crippen LogP contribution < -0.4 is 5.14 Å². The first-order valence-corrected chi connectivity index (χ1v) is 4.31. The predicted octanol–water partition coefficient (Wildman–Crippen LogP) is 2.33. The Labute approximate surface area is 76.3 Å². The van der Waals surface area contributed by atoms with Gasteiger partial charge in [-0.15, -0.1) is 0 Å². The van der Waals surface area contributed by atoms with Crippen molar-refractivity contribution in [2.24, 2.45) is 5.14 Å². The molecular formula is C9H10N2S. The molecule has 0 atom stereocenters. The van der Waals surface area contributed by atoms with Gasteiger partial charge in [-0.1, -0.05) is 19.2 Å². The van der Waals surface area contributed by atoms with Crippen LogP contribution in [0.2, 0.25) is 0 Å². The zero-order valence-electron chi connectivity index (χ0n) is 6.66. The van der Waals surface area contributed by atoms with Gasteiger partial charge in [-0.05, 0) is 24.1 Å². The first-order chi connectivity index (χ1) is 5.81. The van der Waals surface area contributed by atoms with E-state index in [-0.39, 0.29) is 0 Å². The maximum Gasteiger partial charge on any atom is 0.0696 e. The van der Waals surface area contributed by atoms with Crippen LogP contribution in [0.1, 0.15) is 11.3 Å². The average Bonchev–Trinajstić information content (AvgIpc) is 2.16. The smallest absolute Gasteiger partial charge is 0.0696 e. The van der Waals surface area contributed by atoms with E-state index in [4.69, 9.17) is 5.14 Å². The Morgan fingerprint density at radius 2 is 2.17 bits per heavy atom. The maximum atomic E-state index is 5.38. The minimum atomic E-state index is 0.836. The molecule has 0 fully saturated rings. The molecule has 1 heterocycles. The van der Waals surface area contributed by atoms with Crippen LogP contribution in [-0.4, -0.2) is 4.98 Å². The van der Waals surface area contributed by atoms with Crippen molar-refractivity contribution in [1.29, 1.82) is 0 Å². The molecule has 0 aliphatic rings. The number of hydrogen-bond acceptors (Lipinski definition) is 3. The number of aromatic nitrogens is 1. The third-order valence-corrected chi connectivity index (χ3v) is 1.97. The Balaban J connectivity index is 3.18. The summed E-state index contributed by atoms with van der Waals surface area (Å²) < 4.78 is 0. The second kappa shape index (κ2) is 4.09. The fourth-order valence-electron chi connectivity index (χ4n) is 0.871. The SMILES string of the molecule is C=Cc1cc(SN)cnc1C=C. The molecule has 2 nitrogen and oxygen atoms in total. The molecule has 1 aromatic heterocycles. The lowest BCUT2D eigenvalue weighted by molar-refractivity contribution is 1.20. The van der Waals surface area contributed by atoms with Crippen LogP contribution in [-0.2, 0) is 0 Å². The van der Waals surface area contributed by atoms with Crippen molar-refractivity contribution >= 4 is 24.1 Å². The lowest BCUT2D eigenvalue weighted by atomic mass is 10.2. The maximum absolute atomic E-state index is 5.38. The van der Waals surface area contributed by atoms with Crippen molar-refractivity contribution in [2.75, 3.05) is 0 Å². The van der Waals surface area contributed by atoms with Crippen LogP contribution in [0.4, 0.5) is 0 Å². The second-order valence-corrected chi connectivity index (χ2v) is 2.88. The topological polar surface area (TPSA) is 38.9 Å². The summed E-state index contributed by atoms with van der Waals surface area (Å²) >= 11 is 1.17. The van der Waals surface area contributed by atoms with Gasteiger partial charge in [-0.3, -0.25) is 10.1 Å². The zero-order valence-corrected chi connectivity index (χ0v) is 7.47. The highest BCUT2D eigenvalue weighted by Crippen LogP contribution is 2.16. The molecule has 3 heteroatoms. The quantitative estimate of drug-likeness (QED) is 0.722. The van der Waals surface area contributed by atoms with Gasteiger partial charge < -0.3 is 0 Å². The Morgan fingerprint density at radius 3 is 2.67 bits per heavy atom. The molecule has 0 aliphatic carbocycles. The summed E-state index contributed by atoms with van der Waals surface area (Å²) in [6.07, 6.45) is 5.15. The number of rotatable bonds is 3. The third kappa shape index (κ3) is 1.75. The minimum Gasteiger partial charge on any atom is -0.274 e. The second-order valence-electron chi connectivity index (χ2n) is 2.17. The molecule has 0 saturated heterocycles. The molecule has 12 heavy (non-hydrogen) atoms. The molecule has 0 bridgehead atoms. The van der Waals surface area contributed by atoms with Crippen LogP contribution in [0.3, 0.4) is 0 Å². The van der Waals surface area contributed by atoms with Crippen molar-refractivity contribution in [1.82, 2.24) is 4.98 Å². The largest absolute Gasteiger partial charge is 0.274 e. The molecule has 0 amide bonds. The van der Waals surface area contributed by atoms with Gasteiger partial charge in [-0.25, -0.2) is 0 Å². The van der Waals surface area contributed by atoms with Crippen LogP contribution in [0.5, 0.6) is 0 Å². The fraction of sp³-hybridized carbons (Fsp3) is 0. The molecule has 2 N–H and O–H groups in total. The van der Waals surface area contributed by atoms with Gasteiger partial charge in [0.1, 0.15) is 0 Å². The summed E-state index contributed by atoms with van der Waals surface area (Å²) in [5.74, 6) is 0. The van der Waals surface area contributed by atoms with Crippen molar-refractivity contribution in [3.05, 3.63) is 36.7 Å². The summed E-state index contributed by atoms with van der Waals surface area (Å²) in [5.41, 5.74) is 1.79. The van der Waals surface area contributed by atoms with E-state index in [2.05, 4.69) is 18.1 Å². The lowest BCUT2D eigenvalue weighted by Crippen LogP contribution is -1.88. The highest BCUT2D eigenvalue weighted by atomic mass is 32.2. The summed E-state index contributed by atoms with van der Waals surface area (Å²) in [5, 5.41) is 5.38. The van der Waals surface area contributed by atoms with E-state index in [1.165, 1.54) is 11.9 Å². The van der Waals surface area contributed by atoms with Gasteiger partial charge in [-0.2, -0.15) is 0 Å². The van der Waals surface area contributed by atoms with E-state index in [0.29, 0.717) is 0 Å². The third-order valence-electron chi connectivity index (χ3n) is 1.47. The van der Waals surface area contributed by atoms with E-state index >= 15 is 0 Å². The Hall–Kier alpha value is -1.06. The van der Waals surface area contributed by atoms with E-state index < -0.39 is 0 Å². The number of nitrogens with zero attached hydrogens (tertiary/aromatic N) is 1. The zero-order chi connectivity index (χ0) is 8.97. The molecule has 0 radical (unpaired) electrons. The molecule has 0 aromatic carbocycles. The summed E-state index contributed by atoms with van der Waals surface area (Å²) in [4.78, 5) is 5.08. The Kier molecular flexibility index (Phi) is 3.08. The molecule has 62 valence electrons. The van der Waals surface area contributed by atoms with Crippen molar-refractivity contribution < 1.29 is 0 Å². The first-order valence-electron chi connectivity index (χ1n) is 3.43. The van der Waals surface area contributed by atoms with Crippen LogP contribution in [0, 0.1) is 0 Å². The fourth-order valence-corrected chi connectivity index (χ4v) is 1.18. The highest BCUT2D eigenvalue weighted by Gasteiger charge is 1.98. The van der Waals surface area contributed by atoms with Gasteiger partial charge in [0.15, 0.2) is 0 Å². The van der Waals surface area contributed by atoms with E-state index in [1.54, 1.807) is 18.3 Å². The molecule has 1 aromatic rings. The number of pyridine rings is 1. The number of hydrogen-bond donors (Lipinski definition) is 1. The normalized spacial score (nSPS) is 9.42. The number of nitrogens with two attached hydrogens (primary N) is 1. The monoisotopic (exact) mass is 178 g/mol. The van der Waals surface area contributed by atoms with Crippen LogP contribution >= 0.6 is 11.9 Å². The summed E-state index contributed by atoms with van der Waals surface area (Å²) in [6, 6.07) is 1.93. The van der Waals surface area contributed by atoms with Gasteiger partial charge in [0, 0.05) is 16.7 Å². The van der Waals surface area contributed by atoms with E-state index in [1.807, 2.05) is 6.07 Å². The van der Waals surface area contributed by atoms with Crippen LogP contribution in [0.15, 0.2) is 30.3 Å². The summed E-state index contributed by atoms with van der Waals surface area (Å²) in [7, 11) is 0. The summed E-state index contributed by atoms with van der Waals surface area (Å²) in [6.45, 7) is 7.32. The molecule has 0 unspecified atom stereocenters. The highest BCUT2D eigenvalue weighted by molar-refractivity contribution is 7.97. The molecule has 0 aliphatic heterocycles. The molecule has 1 rings (SSSR count). The average molecular weight is 178 g/mol. The van der Waals surface area contributed by atoms with Crippen LogP contribution in [0.25, 0.3) is 12.2 Å². The van der Waals surface area contributed by atoms with E-state index in [9.17, 15) is 0 Å².